The molecule has 0 aliphatic heterocycles. The zero-order valence-corrected chi connectivity index (χ0v) is 11.6. The zero-order valence-electron chi connectivity index (χ0n) is 10.8. The molecule has 1 saturated carbocycles. The fourth-order valence-electron chi connectivity index (χ4n) is 2.23. The minimum Gasteiger partial charge on any atom is -0.466 e. The molecule has 2 rings (SSSR count). The molecule has 1 aliphatic rings. The van der Waals surface area contributed by atoms with Crippen LogP contribution in [0, 0.1) is 0 Å². The standard InChI is InChI=1S/C13H20N2O2S/c1-2-17-12(16)8-11-9-14-13(18-11)15-10-6-4-3-5-7-10/h9-10H,2-8H2,1H3,(H,14,15). The summed E-state index contributed by atoms with van der Waals surface area (Å²) in [4.78, 5) is 16.6. The molecule has 1 aromatic rings. The van der Waals surface area contributed by atoms with E-state index in [2.05, 4.69) is 10.3 Å². The molecule has 4 nitrogen and oxygen atoms in total. The van der Waals surface area contributed by atoms with E-state index in [9.17, 15) is 4.79 Å². The normalized spacial score (nSPS) is 16.5. The first-order valence-corrected chi connectivity index (χ1v) is 7.46. The summed E-state index contributed by atoms with van der Waals surface area (Å²) in [6.45, 7) is 2.26. The van der Waals surface area contributed by atoms with E-state index in [1.165, 1.54) is 32.1 Å². The highest BCUT2D eigenvalue weighted by molar-refractivity contribution is 7.15. The van der Waals surface area contributed by atoms with Gasteiger partial charge in [-0.2, -0.15) is 0 Å². The van der Waals surface area contributed by atoms with E-state index in [4.69, 9.17) is 4.74 Å². The number of rotatable bonds is 5. The molecule has 18 heavy (non-hydrogen) atoms. The Morgan fingerprint density at radius 1 is 1.50 bits per heavy atom. The average Bonchev–Trinajstić information content (AvgIpc) is 2.78. The maximum Gasteiger partial charge on any atom is 0.311 e. The molecule has 5 heteroatoms. The van der Waals surface area contributed by atoms with E-state index in [1.807, 2.05) is 6.92 Å². The summed E-state index contributed by atoms with van der Waals surface area (Å²) >= 11 is 1.56. The number of nitrogens with one attached hydrogen (secondary N) is 1. The van der Waals surface area contributed by atoms with Crippen molar-refractivity contribution < 1.29 is 9.53 Å². The molecule has 100 valence electrons. The Kier molecular flexibility index (Phi) is 4.99. The fourth-order valence-corrected chi connectivity index (χ4v) is 3.11. The van der Waals surface area contributed by atoms with Gasteiger partial charge < -0.3 is 10.1 Å². The lowest BCUT2D eigenvalue weighted by Gasteiger charge is -2.22. The van der Waals surface area contributed by atoms with E-state index in [1.54, 1.807) is 17.5 Å². The van der Waals surface area contributed by atoms with Gasteiger partial charge in [-0.1, -0.05) is 19.3 Å². The van der Waals surface area contributed by atoms with Gasteiger partial charge in [0.1, 0.15) is 0 Å². The highest BCUT2D eigenvalue weighted by atomic mass is 32.1. The van der Waals surface area contributed by atoms with Gasteiger partial charge in [0.05, 0.1) is 13.0 Å². The van der Waals surface area contributed by atoms with Crippen molar-refractivity contribution in [3.05, 3.63) is 11.1 Å². The Bertz CT molecular complexity index is 386. The van der Waals surface area contributed by atoms with Crippen LogP contribution in [-0.4, -0.2) is 23.6 Å². The minimum atomic E-state index is -0.176. The molecular weight excluding hydrogens is 248 g/mol. The topological polar surface area (TPSA) is 51.2 Å². The van der Waals surface area contributed by atoms with Crippen LogP contribution >= 0.6 is 11.3 Å². The number of nitrogens with zero attached hydrogens (tertiary/aromatic N) is 1. The molecule has 0 aromatic carbocycles. The quantitative estimate of drug-likeness (QED) is 0.834. The fraction of sp³-hybridized carbons (Fsp3) is 0.692. The molecule has 0 atom stereocenters. The summed E-state index contributed by atoms with van der Waals surface area (Å²) in [6, 6.07) is 0.556. The van der Waals surface area contributed by atoms with Crippen LogP contribution in [0.3, 0.4) is 0 Å². The second-order valence-corrected chi connectivity index (χ2v) is 5.71. The monoisotopic (exact) mass is 268 g/mol. The van der Waals surface area contributed by atoms with Gasteiger partial charge in [-0.05, 0) is 19.8 Å². The van der Waals surface area contributed by atoms with Crippen LogP contribution in [0.15, 0.2) is 6.20 Å². The second kappa shape index (κ2) is 6.73. The van der Waals surface area contributed by atoms with E-state index in [-0.39, 0.29) is 5.97 Å². The highest BCUT2D eigenvalue weighted by Gasteiger charge is 2.15. The molecule has 0 spiro atoms. The third-order valence-electron chi connectivity index (χ3n) is 3.11. The Morgan fingerprint density at radius 3 is 3.00 bits per heavy atom. The van der Waals surface area contributed by atoms with Crippen LogP contribution in [0.4, 0.5) is 5.13 Å². The van der Waals surface area contributed by atoms with Crippen molar-refractivity contribution in [1.82, 2.24) is 4.98 Å². The lowest BCUT2D eigenvalue weighted by Crippen LogP contribution is -2.21. The first-order valence-electron chi connectivity index (χ1n) is 6.65. The average molecular weight is 268 g/mol. The number of carbonyl (C=O) groups is 1. The number of thiazole rings is 1. The molecule has 0 saturated heterocycles. The van der Waals surface area contributed by atoms with Gasteiger partial charge >= 0.3 is 5.97 Å². The van der Waals surface area contributed by atoms with Crippen molar-refractivity contribution in [2.45, 2.75) is 51.5 Å². The third kappa shape index (κ3) is 3.98. The number of hydrogen-bond donors (Lipinski definition) is 1. The summed E-state index contributed by atoms with van der Waals surface area (Å²) in [5.74, 6) is -0.176. The van der Waals surface area contributed by atoms with Crippen molar-refractivity contribution in [2.75, 3.05) is 11.9 Å². The van der Waals surface area contributed by atoms with E-state index in [0.717, 1.165) is 10.0 Å². The molecular formula is C13H20N2O2S. The van der Waals surface area contributed by atoms with Crippen LogP contribution in [0.2, 0.25) is 0 Å². The largest absolute Gasteiger partial charge is 0.466 e. The lowest BCUT2D eigenvalue weighted by molar-refractivity contribution is -0.142. The molecule has 0 unspecified atom stereocenters. The molecule has 1 heterocycles. The predicted molar refractivity (Wildman–Crippen MR) is 72.9 cm³/mol. The Morgan fingerprint density at radius 2 is 2.28 bits per heavy atom. The van der Waals surface area contributed by atoms with Crippen LogP contribution in [0.5, 0.6) is 0 Å². The maximum absolute atomic E-state index is 11.3. The zero-order chi connectivity index (χ0) is 12.8. The summed E-state index contributed by atoms with van der Waals surface area (Å²) < 4.78 is 4.92. The van der Waals surface area contributed by atoms with Gasteiger partial charge in [0.2, 0.25) is 0 Å². The summed E-state index contributed by atoms with van der Waals surface area (Å²) in [6.07, 6.45) is 8.52. The molecule has 0 radical (unpaired) electrons. The van der Waals surface area contributed by atoms with Crippen LogP contribution in [-0.2, 0) is 16.0 Å². The van der Waals surface area contributed by atoms with Crippen molar-refractivity contribution in [3.8, 4) is 0 Å². The Labute approximate surface area is 112 Å². The summed E-state index contributed by atoms with van der Waals surface area (Å²) in [5.41, 5.74) is 0. The molecule has 1 aliphatic carbocycles. The van der Waals surface area contributed by atoms with Crippen molar-refractivity contribution in [3.63, 3.8) is 0 Å². The first-order chi connectivity index (χ1) is 8.78. The van der Waals surface area contributed by atoms with Gasteiger partial charge in [-0.3, -0.25) is 4.79 Å². The van der Waals surface area contributed by atoms with Crippen molar-refractivity contribution >= 4 is 22.4 Å². The molecule has 0 bridgehead atoms. The molecule has 0 amide bonds. The summed E-state index contributed by atoms with van der Waals surface area (Å²) in [7, 11) is 0. The first kappa shape index (κ1) is 13.3. The maximum atomic E-state index is 11.3. The van der Waals surface area contributed by atoms with Gasteiger partial charge in [-0.15, -0.1) is 11.3 Å². The van der Waals surface area contributed by atoms with Crippen LogP contribution < -0.4 is 5.32 Å². The number of hydrogen-bond acceptors (Lipinski definition) is 5. The molecule has 1 aromatic heterocycles. The van der Waals surface area contributed by atoms with Gasteiger partial charge in [0.25, 0.3) is 0 Å². The number of anilines is 1. The second-order valence-electron chi connectivity index (χ2n) is 4.59. The number of aromatic nitrogens is 1. The van der Waals surface area contributed by atoms with Crippen LogP contribution in [0.1, 0.15) is 43.9 Å². The van der Waals surface area contributed by atoms with Gasteiger partial charge in [0.15, 0.2) is 5.13 Å². The van der Waals surface area contributed by atoms with E-state index < -0.39 is 0 Å². The van der Waals surface area contributed by atoms with E-state index in [0.29, 0.717) is 19.1 Å². The predicted octanol–water partition coefficient (Wildman–Crippen LogP) is 2.99. The number of esters is 1. The smallest absolute Gasteiger partial charge is 0.311 e. The molecule has 1 fully saturated rings. The third-order valence-corrected chi connectivity index (χ3v) is 4.04. The SMILES string of the molecule is CCOC(=O)Cc1cnc(NC2CCCCC2)s1. The van der Waals surface area contributed by atoms with E-state index >= 15 is 0 Å². The van der Waals surface area contributed by atoms with Gasteiger partial charge in [0, 0.05) is 17.1 Å². The number of carbonyl (C=O) groups excluding carboxylic acids is 1. The van der Waals surface area contributed by atoms with Crippen molar-refractivity contribution in [2.24, 2.45) is 0 Å². The highest BCUT2D eigenvalue weighted by Crippen LogP contribution is 2.25. The van der Waals surface area contributed by atoms with Crippen molar-refractivity contribution in [1.29, 1.82) is 0 Å². The summed E-state index contributed by atoms with van der Waals surface area (Å²) in [5, 5.41) is 4.39. The number of ether oxygens (including phenoxy) is 1. The minimum absolute atomic E-state index is 0.176. The Balaban J connectivity index is 1.83. The van der Waals surface area contributed by atoms with Crippen LogP contribution in [0.25, 0.3) is 0 Å². The molecule has 1 N–H and O–H groups in total. The lowest BCUT2D eigenvalue weighted by atomic mass is 9.96. The van der Waals surface area contributed by atoms with Gasteiger partial charge in [-0.25, -0.2) is 4.98 Å². The Hall–Kier alpha value is -1.10.